The average molecular weight is 262 g/mol. The van der Waals surface area contributed by atoms with Crippen LogP contribution in [0, 0.1) is 18.3 Å². The van der Waals surface area contributed by atoms with Gasteiger partial charge in [0.1, 0.15) is 5.82 Å². The second-order valence-corrected chi connectivity index (χ2v) is 4.38. The summed E-state index contributed by atoms with van der Waals surface area (Å²) in [6.07, 6.45) is 0.398. The molecule has 1 rings (SSSR count). The van der Waals surface area contributed by atoms with E-state index in [1.165, 1.54) is 7.11 Å². The number of ether oxygens (including phenoxy) is 1. The fourth-order valence-electron chi connectivity index (χ4n) is 1.69. The summed E-state index contributed by atoms with van der Waals surface area (Å²) in [6.45, 7) is 6.37. The Balaban J connectivity index is 3.12. The fraction of sp³-hybridized carbons (Fsp3) is 0.538. The Labute approximate surface area is 113 Å². The van der Waals surface area contributed by atoms with Crippen LogP contribution >= 0.6 is 0 Å². The van der Waals surface area contributed by atoms with Crippen LogP contribution in [0.15, 0.2) is 6.07 Å². The van der Waals surface area contributed by atoms with E-state index in [0.717, 1.165) is 0 Å². The van der Waals surface area contributed by atoms with Crippen LogP contribution in [0.4, 0.5) is 5.82 Å². The molecule has 1 heterocycles. The molecule has 0 aromatic carbocycles. The smallest absolute Gasteiger partial charge is 0.376 e. The SMILES string of the molecule is COC(=O)c1nc(C)cc(N(CCC#N)C(C)C)n1. The summed E-state index contributed by atoms with van der Waals surface area (Å²) in [5.74, 6) is 0.118. The Morgan fingerprint density at radius 3 is 2.74 bits per heavy atom. The van der Waals surface area contributed by atoms with Crippen LogP contribution in [0.5, 0.6) is 0 Å². The first-order chi connectivity index (χ1) is 8.99. The molecule has 0 fully saturated rings. The Hall–Kier alpha value is -2.16. The summed E-state index contributed by atoms with van der Waals surface area (Å²) >= 11 is 0. The molecule has 0 N–H and O–H groups in total. The van der Waals surface area contributed by atoms with Gasteiger partial charge in [0.2, 0.25) is 5.82 Å². The predicted molar refractivity (Wildman–Crippen MR) is 70.8 cm³/mol. The van der Waals surface area contributed by atoms with Crippen molar-refractivity contribution in [1.29, 1.82) is 5.26 Å². The highest BCUT2D eigenvalue weighted by Crippen LogP contribution is 2.16. The number of rotatable bonds is 5. The lowest BCUT2D eigenvalue weighted by molar-refractivity contribution is 0.0586. The van der Waals surface area contributed by atoms with Gasteiger partial charge in [-0.2, -0.15) is 5.26 Å². The van der Waals surface area contributed by atoms with Crippen LogP contribution in [-0.4, -0.2) is 35.6 Å². The summed E-state index contributed by atoms with van der Waals surface area (Å²) in [6, 6.07) is 4.08. The van der Waals surface area contributed by atoms with Crippen molar-refractivity contribution in [1.82, 2.24) is 9.97 Å². The Bertz CT molecular complexity index is 494. The summed E-state index contributed by atoms with van der Waals surface area (Å²) in [5, 5.41) is 8.70. The highest BCUT2D eigenvalue weighted by Gasteiger charge is 2.17. The highest BCUT2D eigenvalue weighted by molar-refractivity contribution is 5.85. The van der Waals surface area contributed by atoms with Crippen molar-refractivity contribution in [3.05, 3.63) is 17.6 Å². The Kier molecular flexibility index (Phi) is 5.24. The molecule has 0 atom stereocenters. The monoisotopic (exact) mass is 262 g/mol. The zero-order chi connectivity index (χ0) is 14.4. The number of carbonyl (C=O) groups excluding carboxylic acids is 1. The van der Waals surface area contributed by atoms with Gasteiger partial charge in [-0.1, -0.05) is 0 Å². The van der Waals surface area contributed by atoms with Crippen molar-refractivity contribution in [2.75, 3.05) is 18.6 Å². The second-order valence-electron chi connectivity index (χ2n) is 4.38. The quantitative estimate of drug-likeness (QED) is 0.751. The van der Waals surface area contributed by atoms with Crippen molar-refractivity contribution < 1.29 is 9.53 Å². The number of nitriles is 1. The first kappa shape index (κ1) is 14.9. The van der Waals surface area contributed by atoms with Crippen molar-refractivity contribution in [3.8, 4) is 6.07 Å². The molecule has 0 saturated carbocycles. The zero-order valence-electron chi connectivity index (χ0n) is 11.7. The molecule has 0 aliphatic carbocycles. The van der Waals surface area contributed by atoms with Gasteiger partial charge in [-0.3, -0.25) is 0 Å². The second kappa shape index (κ2) is 6.69. The molecule has 0 aliphatic heterocycles. The first-order valence-corrected chi connectivity index (χ1v) is 6.07. The standard InChI is InChI=1S/C13H18N4O2/c1-9(2)17(7-5-6-14)11-8-10(3)15-12(16-11)13(18)19-4/h8-9H,5,7H2,1-4H3. The van der Waals surface area contributed by atoms with Crippen LogP contribution in [0.25, 0.3) is 0 Å². The van der Waals surface area contributed by atoms with Crippen LogP contribution in [0.1, 0.15) is 36.6 Å². The van der Waals surface area contributed by atoms with E-state index in [0.29, 0.717) is 24.5 Å². The number of anilines is 1. The van der Waals surface area contributed by atoms with E-state index in [1.54, 1.807) is 13.0 Å². The average Bonchev–Trinajstić information content (AvgIpc) is 2.37. The van der Waals surface area contributed by atoms with Crippen LogP contribution in [-0.2, 0) is 4.74 Å². The van der Waals surface area contributed by atoms with Gasteiger partial charge in [-0.25, -0.2) is 14.8 Å². The van der Waals surface area contributed by atoms with Crippen molar-refractivity contribution >= 4 is 11.8 Å². The fourth-order valence-corrected chi connectivity index (χ4v) is 1.69. The normalized spacial score (nSPS) is 10.1. The maximum Gasteiger partial charge on any atom is 0.376 e. The third kappa shape index (κ3) is 3.91. The van der Waals surface area contributed by atoms with Gasteiger partial charge in [-0.15, -0.1) is 0 Å². The third-order valence-corrected chi connectivity index (χ3v) is 2.59. The van der Waals surface area contributed by atoms with Gasteiger partial charge in [0.15, 0.2) is 0 Å². The van der Waals surface area contributed by atoms with Crippen LogP contribution < -0.4 is 4.90 Å². The summed E-state index contributed by atoms with van der Waals surface area (Å²) in [7, 11) is 1.30. The number of esters is 1. The van der Waals surface area contributed by atoms with Crippen LogP contribution in [0.2, 0.25) is 0 Å². The van der Waals surface area contributed by atoms with Gasteiger partial charge in [-0.05, 0) is 20.8 Å². The Morgan fingerprint density at radius 2 is 2.21 bits per heavy atom. The first-order valence-electron chi connectivity index (χ1n) is 6.07. The molecule has 6 heteroatoms. The molecule has 0 amide bonds. The molecule has 0 unspecified atom stereocenters. The molecular formula is C13H18N4O2. The van der Waals surface area contributed by atoms with E-state index in [4.69, 9.17) is 5.26 Å². The van der Waals surface area contributed by atoms with Gasteiger partial charge in [0.25, 0.3) is 0 Å². The van der Waals surface area contributed by atoms with E-state index < -0.39 is 5.97 Å². The van der Waals surface area contributed by atoms with E-state index in [-0.39, 0.29) is 11.9 Å². The number of aryl methyl sites for hydroxylation is 1. The lowest BCUT2D eigenvalue weighted by Gasteiger charge is -2.27. The summed E-state index contributed by atoms with van der Waals surface area (Å²) in [4.78, 5) is 21.7. The molecule has 0 bridgehead atoms. The number of nitrogens with zero attached hydrogens (tertiary/aromatic N) is 4. The minimum absolute atomic E-state index is 0.0418. The summed E-state index contributed by atoms with van der Waals surface area (Å²) < 4.78 is 4.63. The van der Waals surface area contributed by atoms with E-state index in [1.807, 2.05) is 18.7 Å². The molecule has 19 heavy (non-hydrogen) atoms. The maximum absolute atomic E-state index is 11.5. The Morgan fingerprint density at radius 1 is 1.53 bits per heavy atom. The number of aromatic nitrogens is 2. The molecule has 0 saturated heterocycles. The number of methoxy groups -OCH3 is 1. The molecule has 102 valence electrons. The van der Waals surface area contributed by atoms with Crippen molar-refractivity contribution in [3.63, 3.8) is 0 Å². The molecule has 0 spiro atoms. The largest absolute Gasteiger partial charge is 0.463 e. The molecule has 1 aromatic heterocycles. The topological polar surface area (TPSA) is 79.1 Å². The minimum Gasteiger partial charge on any atom is -0.463 e. The third-order valence-electron chi connectivity index (χ3n) is 2.59. The van der Waals surface area contributed by atoms with Gasteiger partial charge >= 0.3 is 5.97 Å². The number of carbonyl (C=O) groups is 1. The van der Waals surface area contributed by atoms with E-state index in [9.17, 15) is 4.79 Å². The molecular weight excluding hydrogens is 244 g/mol. The van der Waals surface area contributed by atoms with Gasteiger partial charge in [0.05, 0.1) is 19.6 Å². The lowest BCUT2D eigenvalue weighted by Crippen LogP contribution is -2.33. The van der Waals surface area contributed by atoms with E-state index in [2.05, 4.69) is 20.8 Å². The van der Waals surface area contributed by atoms with Gasteiger partial charge < -0.3 is 9.64 Å². The number of hydrogen-bond acceptors (Lipinski definition) is 6. The zero-order valence-corrected chi connectivity index (χ0v) is 11.7. The van der Waals surface area contributed by atoms with Crippen molar-refractivity contribution in [2.45, 2.75) is 33.2 Å². The molecule has 0 radical (unpaired) electrons. The van der Waals surface area contributed by atoms with Gasteiger partial charge in [0, 0.05) is 24.3 Å². The predicted octanol–water partition coefficient (Wildman–Crippen LogP) is 1.70. The number of hydrogen-bond donors (Lipinski definition) is 0. The summed E-state index contributed by atoms with van der Waals surface area (Å²) in [5.41, 5.74) is 0.688. The minimum atomic E-state index is -0.561. The lowest BCUT2D eigenvalue weighted by atomic mass is 10.2. The maximum atomic E-state index is 11.5. The van der Waals surface area contributed by atoms with Crippen LogP contribution in [0.3, 0.4) is 0 Å². The molecule has 1 aromatic rings. The molecule has 0 aliphatic rings. The van der Waals surface area contributed by atoms with Crippen molar-refractivity contribution in [2.24, 2.45) is 0 Å². The van der Waals surface area contributed by atoms with E-state index >= 15 is 0 Å². The molecule has 6 nitrogen and oxygen atoms in total. The highest BCUT2D eigenvalue weighted by atomic mass is 16.5.